The van der Waals surface area contributed by atoms with Crippen LogP contribution < -0.4 is 20.5 Å². The first-order valence-electron chi connectivity index (χ1n) is 6.09. The van der Waals surface area contributed by atoms with Crippen LogP contribution in [0.3, 0.4) is 0 Å². The molecule has 0 spiro atoms. The first-order valence-corrected chi connectivity index (χ1v) is 6.09. The molecule has 1 aromatic heterocycles. The Bertz CT molecular complexity index is 694. The molecule has 0 radical (unpaired) electrons. The second-order valence-corrected chi connectivity index (χ2v) is 4.22. The van der Waals surface area contributed by atoms with Crippen LogP contribution in [0, 0.1) is 11.3 Å². The van der Waals surface area contributed by atoms with E-state index in [1.807, 2.05) is 24.3 Å². The normalized spacial score (nSPS) is 12.6. The molecule has 3 N–H and O–H groups in total. The van der Waals surface area contributed by atoms with Gasteiger partial charge in [0.05, 0.1) is 11.3 Å². The Labute approximate surface area is 115 Å². The van der Waals surface area contributed by atoms with Crippen molar-refractivity contribution in [2.24, 2.45) is 0 Å². The summed E-state index contributed by atoms with van der Waals surface area (Å²) in [4.78, 5) is 4.13. The molecule has 1 aromatic carbocycles. The topological polar surface area (TPSA) is 93.2 Å². The zero-order valence-corrected chi connectivity index (χ0v) is 10.6. The Morgan fingerprint density at radius 3 is 2.80 bits per heavy atom. The third-order valence-electron chi connectivity index (χ3n) is 2.92. The summed E-state index contributed by atoms with van der Waals surface area (Å²) in [5.74, 6) is 1.84. The Morgan fingerprint density at radius 2 is 2.00 bits per heavy atom. The second kappa shape index (κ2) is 4.97. The number of nitriles is 1. The number of hydrogen-bond acceptors (Lipinski definition) is 6. The molecular formula is C14H12N4O2. The van der Waals surface area contributed by atoms with Crippen molar-refractivity contribution in [3.05, 3.63) is 36.0 Å². The van der Waals surface area contributed by atoms with Gasteiger partial charge in [0.1, 0.15) is 19.3 Å². The number of hydrogen-bond donors (Lipinski definition) is 2. The lowest BCUT2D eigenvalue weighted by atomic mass is 10.2. The number of fused-ring (bicyclic) bond motifs is 1. The highest BCUT2D eigenvalue weighted by atomic mass is 16.6. The maximum atomic E-state index is 8.94. The number of pyridine rings is 1. The molecule has 20 heavy (non-hydrogen) atoms. The van der Waals surface area contributed by atoms with Gasteiger partial charge in [-0.1, -0.05) is 0 Å². The Balaban J connectivity index is 1.90. The molecule has 0 aliphatic carbocycles. The van der Waals surface area contributed by atoms with Gasteiger partial charge in [0.25, 0.3) is 0 Å². The van der Waals surface area contributed by atoms with Gasteiger partial charge < -0.3 is 20.5 Å². The van der Waals surface area contributed by atoms with Crippen molar-refractivity contribution in [1.82, 2.24) is 4.98 Å². The van der Waals surface area contributed by atoms with Crippen LogP contribution in [0.5, 0.6) is 11.5 Å². The van der Waals surface area contributed by atoms with Crippen LogP contribution in [-0.4, -0.2) is 18.2 Å². The van der Waals surface area contributed by atoms with E-state index in [2.05, 4.69) is 10.3 Å². The minimum Gasteiger partial charge on any atom is -0.486 e. The lowest BCUT2D eigenvalue weighted by Gasteiger charge is -2.19. The highest BCUT2D eigenvalue weighted by molar-refractivity contribution is 5.74. The van der Waals surface area contributed by atoms with Crippen LogP contribution in [0.1, 0.15) is 5.56 Å². The van der Waals surface area contributed by atoms with Crippen LogP contribution in [0.4, 0.5) is 17.2 Å². The standard InChI is InChI=1S/C14H12N4O2/c15-8-9-3-4-17-14(13(9)16)18-10-1-2-11-12(7-10)20-6-5-19-11/h1-4,7H,5-6,16H2,(H,17,18). The van der Waals surface area contributed by atoms with Crippen molar-refractivity contribution in [2.75, 3.05) is 24.3 Å². The summed E-state index contributed by atoms with van der Waals surface area (Å²) in [5, 5.41) is 12.0. The molecule has 0 unspecified atom stereocenters. The number of nitrogens with zero attached hydrogens (tertiary/aromatic N) is 2. The van der Waals surface area contributed by atoms with E-state index in [9.17, 15) is 0 Å². The summed E-state index contributed by atoms with van der Waals surface area (Å²) in [6.45, 7) is 1.08. The van der Waals surface area contributed by atoms with E-state index < -0.39 is 0 Å². The van der Waals surface area contributed by atoms with Gasteiger partial charge >= 0.3 is 0 Å². The number of ether oxygens (including phenoxy) is 2. The van der Waals surface area contributed by atoms with Crippen LogP contribution in [0.15, 0.2) is 30.5 Å². The van der Waals surface area contributed by atoms with Gasteiger partial charge in [0.2, 0.25) is 0 Å². The highest BCUT2D eigenvalue weighted by Gasteiger charge is 2.13. The van der Waals surface area contributed by atoms with E-state index in [1.165, 1.54) is 6.20 Å². The zero-order valence-electron chi connectivity index (χ0n) is 10.6. The molecule has 6 heteroatoms. The Morgan fingerprint density at radius 1 is 1.20 bits per heavy atom. The van der Waals surface area contributed by atoms with E-state index in [0.29, 0.717) is 41.8 Å². The van der Waals surface area contributed by atoms with Crippen LogP contribution >= 0.6 is 0 Å². The lowest BCUT2D eigenvalue weighted by Crippen LogP contribution is -2.15. The van der Waals surface area contributed by atoms with Gasteiger partial charge in [0.15, 0.2) is 17.3 Å². The van der Waals surface area contributed by atoms with Crippen LogP contribution in [-0.2, 0) is 0 Å². The number of anilines is 3. The summed E-state index contributed by atoms with van der Waals surface area (Å²) in [5.41, 5.74) is 7.36. The summed E-state index contributed by atoms with van der Waals surface area (Å²) in [7, 11) is 0. The number of aromatic nitrogens is 1. The van der Waals surface area contributed by atoms with Gasteiger partial charge in [-0.3, -0.25) is 0 Å². The van der Waals surface area contributed by atoms with E-state index in [1.54, 1.807) is 6.07 Å². The van der Waals surface area contributed by atoms with Crippen molar-refractivity contribution in [1.29, 1.82) is 5.26 Å². The maximum Gasteiger partial charge on any atom is 0.163 e. The van der Waals surface area contributed by atoms with Crippen molar-refractivity contribution in [3.63, 3.8) is 0 Å². The molecule has 0 fully saturated rings. The molecule has 0 atom stereocenters. The molecule has 2 heterocycles. The molecule has 100 valence electrons. The van der Waals surface area contributed by atoms with Crippen molar-refractivity contribution in [3.8, 4) is 17.6 Å². The summed E-state index contributed by atoms with van der Waals surface area (Å²) in [6, 6.07) is 9.07. The monoisotopic (exact) mass is 268 g/mol. The number of benzene rings is 1. The van der Waals surface area contributed by atoms with Gasteiger partial charge in [0, 0.05) is 18.0 Å². The number of nitrogens with one attached hydrogen (secondary N) is 1. The average Bonchev–Trinajstić information content (AvgIpc) is 2.49. The fourth-order valence-corrected chi connectivity index (χ4v) is 1.93. The molecule has 1 aliphatic rings. The summed E-state index contributed by atoms with van der Waals surface area (Å²) < 4.78 is 11.0. The fourth-order valence-electron chi connectivity index (χ4n) is 1.93. The molecule has 0 bridgehead atoms. The molecule has 0 amide bonds. The molecular weight excluding hydrogens is 256 g/mol. The Hall–Kier alpha value is -2.94. The Kier molecular flexibility index (Phi) is 3.01. The SMILES string of the molecule is N#Cc1ccnc(Nc2ccc3c(c2)OCCO3)c1N. The maximum absolute atomic E-state index is 8.94. The molecule has 0 saturated carbocycles. The summed E-state index contributed by atoms with van der Waals surface area (Å²) in [6.07, 6.45) is 1.54. The van der Waals surface area contributed by atoms with Gasteiger partial charge in [-0.25, -0.2) is 4.98 Å². The van der Waals surface area contributed by atoms with Gasteiger partial charge in [-0.05, 0) is 18.2 Å². The fraction of sp³-hybridized carbons (Fsp3) is 0.143. The third-order valence-corrected chi connectivity index (χ3v) is 2.92. The molecule has 1 aliphatic heterocycles. The quantitative estimate of drug-likeness (QED) is 0.865. The van der Waals surface area contributed by atoms with E-state index in [0.717, 1.165) is 5.69 Å². The largest absolute Gasteiger partial charge is 0.486 e. The smallest absolute Gasteiger partial charge is 0.163 e. The lowest BCUT2D eigenvalue weighted by molar-refractivity contribution is 0.171. The van der Waals surface area contributed by atoms with E-state index in [4.69, 9.17) is 20.5 Å². The number of nitrogens with two attached hydrogens (primary N) is 1. The average molecular weight is 268 g/mol. The van der Waals surface area contributed by atoms with Crippen molar-refractivity contribution >= 4 is 17.2 Å². The molecule has 3 rings (SSSR count). The number of nitrogen functional groups attached to an aromatic ring is 1. The second-order valence-electron chi connectivity index (χ2n) is 4.22. The van der Waals surface area contributed by atoms with Gasteiger partial charge in [-0.15, -0.1) is 0 Å². The number of rotatable bonds is 2. The van der Waals surface area contributed by atoms with E-state index >= 15 is 0 Å². The van der Waals surface area contributed by atoms with Crippen molar-refractivity contribution < 1.29 is 9.47 Å². The minimum absolute atomic E-state index is 0.324. The predicted molar refractivity (Wildman–Crippen MR) is 74.1 cm³/mol. The minimum atomic E-state index is 0.324. The zero-order chi connectivity index (χ0) is 13.9. The van der Waals surface area contributed by atoms with Crippen molar-refractivity contribution in [2.45, 2.75) is 0 Å². The first-order chi connectivity index (χ1) is 9.78. The predicted octanol–water partition coefficient (Wildman–Crippen LogP) is 2.05. The third kappa shape index (κ3) is 2.17. The van der Waals surface area contributed by atoms with Crippen LogP contribution in [0.25, 0.3) is 0 Å². The summed E-state index contributed by atoms with van der Waals surface area (Å²) >= 11 is 0. The van der Waals surface area contributed by atoms with Gasteiger partial charge in [-0.2, -0.15) is 5.26 Å². The molecule has 2 aromatic rings. The molecule has 6 nitrogen and oxygen atoms in total. The van der Waals surface area contributed by atoms with E-state index in [-0.39, 0.29) is 0 Å². The first kappa shape index (κ1) is 12.1. The molecule has 0 saturated heterocycles. The highest BCUT2D eigenvalue weighted by Crippen LogP contribution is 2.34. The van der Waals surface area contributed by atoms with Crippen LogP contribution in [0.2, 0.25) is 0 Å².